The topological polar surface area (TPSA) is 61.6 Å². The molecule has 24 heavy (non-hydrogen) atoms. The number of carbonyl (C=O) groups is 1. The Kier molecular flexibility index (Phi) is 5.11. The van der Waals surface area contributed by atoms with Crippen LogP contribution in [0.15, 0.2) is 59.2 Å². The molecule has 1 aromatic heterocycles. The molecule has 5 nitrogen and oxygen atoms in total. The van der Waals surface area contributed by atoms with E-state index >= 15 is 0 Å². The van der Waals surface area contributed by atoms with E-state index in [2.05, 4.69) is 34.0 Å². The van der Waals surface area contributed by atoms with Gasteiger partial charge < -0.3 is 13.9 Å². The van der Waals surface area contributed by atoms with Crippen molar-refractivity contribution in [2.24, 2.45) is 5.92 Å². The molecule has 0 radical (unpaired) electrons. The maximum Gasteiger partial charge on any atom is 0.360 e. The van der Waals surface area contributed by atoms with Crippen LogP contribution in [0.2, 0.25) is 0 Å². The minimum absolute atomic E-state index is 0.148. The van der Waals surface area contributed by atoms with Crippen molar-refractivity contribution < 1.29 is 18.7 Å². The van der Waals surface area contributed by atoms with Gasteiger partial charge in [-0.1, -0.05) is 30.4 Å². The minimum Gasteiger partial charge on any atom is -0.493 e. The summed E-state index contributed by atoms with van der Waals surface area (Å²) in [5, 5.41) is 0. The molecule has 124 valence electrons. The fraction of sp³-hybridized carbons (Fsp3) is 0.263. The first-order valence-corrected chi connectivity index (χ1v) is 7.86. The second-order valence-corrected chi connectivity index (χ2v) is 5.52. The van der Waals surface area contributed by atoms with Crippen LogP contribution in [-0.2, 0) is 4.74 Å². The molecule has 0 amide bonds. The summed E-state index contributed by atoms with van der Waals surface area (Å²) in [5.74, 6) is 0.984. The van der Waals surface area contributed by atoms with Crippen molar-refractivity contribution in [3.63, 3.8) is 0 Å². The summed E-state index contributed by atoms with van der Waals surface area (Å²) in [5.41, 5.74) is 0.899. The van der Waals surface area contributed by atoms with Gasteiger partial charge in [-0.3, -0.25) is 0 Å². The molecule has 2 aromatic rings. The number of esters is 1. The largest absolute Gasteiger partial charge is 0.493 e. The SMILES string of the molecule is COC(=O)c1coc(-c2cccc(OCC3C=CC=CCC3)c2)n1. The number of hydrogen-bond donors (Lipinski definition) is 0. The van der Waals surface area contributed by atoms with E-state index in [1.807, 2.05) is 24.3 Å². The van der Waals surface area contributed by atoms with Crippen LogP contribution in [0.1, 0.15) is 23.3 Å². The number of methoxy groups -OCH3 is 1. The number of carbonyl (C=O) groups excluding carboxylic acids is 1. The molecule has 0 aliphatic heterocycles. The zero-order chi connectivity index (χ0) is 16.8. The van der Waals surface area contributed by atoms with Crippen molar-refractivity contribution in [2.75, 3.05) is 13.7 Å². The summed E-state index contributed by atoms with van der Waals surface area (Å²) in [7, 11) is 1.31. The number of aromatic nitrogens is 1. The van der Waals surface area contributed by atoms with Crippen molar-refractivity contribution in [1.29, 1.82) is 0 Å². The summed E-state index contributed by atoms with van der Waals surface area (Å²) >= 11 is 0. The Morgan fingerprint density at radius 2 is 2.29 bits per heavy atom. The van der Waals surface area contributed by atoms with Gasteiger partial charge in [-0.05, 0) is 31.0 Å². The monoisotopic (exact) mass is 325 g/mol. The van der Waals surface area contributed by atoms with Crippen LogP contribution in [0.5, 0.6) is 5.75 Å². The van der Waals surface area contributed by atoms with Crippen LogP contribution in [0.4, 0.5) is 0 Å². The van der Waals surface area contributed by atoms with Crippen LogP contribution >= 0.6 is 0 Å². The molecule has 1 aromatic carbocycles. The maximum atomic E-state index is 11.4. The van der Waals surface area contributed by atoms with Crippen molar-refractivity contribution in [3.8, 4) is 17.2 Å². The Labute approximate surface area is 140 Å². The standard InChI is InChI=1S/C19H19NO4/c1-22-19(21)17-13-24-18(20-17)15-9-6-10-16(11-15)23-12-14-7-4-2-3-5-8-14/h2-4,6-7,9-11,13-14H,5,8,12H2,1H3. The molecule has 1 aliphatic rings. The second kappa shape index (κ2) is 7.64. The van der Waals surface area contributed by atoms with Gasteiger partial charge in [0.2, 0.25) is 5.89 Å². The normalized spacial score (nSPS) is 16.6. The van der Waals surface area contributed by atoms with Crippen LogP contribution in [-0.4, -0.2) is 24.7 Å². The van der Waals surface area contributed by atoms with E-state index < -0.39 is 5.97 Å². The lowest BCUT2D eigenvalue weighted by Gasteiger charge is -2.13. The van der Waals surface area contributed by atoms with Crippen molar-refractivity contribution in [1.82, 2.24) is 4.98 Å². The summed E-state index contributed by atoms with van der Waals surface area (Å²) in [4.78, 5) is 15.6. The van der Waals surface area contributed by atoms with E-state index in [-0.39, 0.29) is 5.69 Å². The highest BCUT2D eigenvalue weighted by Crippen LogP contribution is 2.24. The first kappa shape index (κ1) is 16.1. The zero-order valence-electron chi connectivity index (χ0n) is 13.5. The van der Waals surface area contributed by atoms with Gasteiger partial charge in [0.05, 0.1) is 13.7 Å². The maximum absolute atomic E-state index is 11.4. The molecule has 1 aliphatic carbocycles. The molecule has 1 atom stereocenters. The second-order valence-electron chi connectivity index (χ2n) is 5.52. The number of ether oxygens (including phenoxy) is 2. The molecule has 0 saturated heterocycles. The number of nitrogens with zero attached hydrogens (tertiary/aromatic N) is 1. The van der Waals surface area contributed by atoms with E-state index in [1.165, 1.54) is 13.4 Å². The van der Waals surface area contributed by atoms with Gasteiger partial charge in [0.1, 0.15) is 12.0 Å². The highest BCUT2D eigenvalue weighted by molar-refractivity contribution is 5.87. The third kappa shape index (κ3) is 3.93. The number of benzene rings is 1. The minimum atomic E-state index is -0.522. The van der Waals surface area contributed by atoms with Gasteiger partial charge in [0.15, 0.2) is 5.69 Å². The molecule has 5 heteroatoms. The smallest absolute Gasteiger partial charge is 0.360 e. The van der Waals surface area contributed by atoms with Crippen molar-refractivity contribution in [2.45, 2.75) is 12.8 Å². The molecule has 0 N–H and O–H groups in total. The number of hydrogen-bond acceptors (Lipinski definition) is 5. The van der Waals surface area contributed by atoms with E-state index in [0.29, 0.717) is 18.4 Å². The summed E-state index contributed by atoms with van der Waals surface area (Å²) in [6.07, 6.45) is 11.9. The quantitative estimate of drug-likeness (QED) is 0.777. The average Bonchev–Trinajstić information content (AvgIpc) is 2.97. The molecule has 3 rings (SSSR count). The number of rotatable bonds is 5. The molecule has 1 unspecified atom stereocenters. The highest BCUT2D eigenvalue weighted by atomic mass is 16.5. The Balaban J connectivity index is 1.67. The molecule has 0 spiro atoms. The first-order chi connectivity index (χ1) is 11.8. The fourth-order valence-corrected chi connectivity index (χ4v) is 2.47. The molecule has 0 fully saturated rings. The van der Waals surface area contributed by atoms with Crippen molar-refractivity contribution in [3.05, 3.63) is 60.5 Å². The fourth-order valence-electron chi connectivity index (χ4n) is 2.47. The van der Waals surface area contributed by atoms with E-state index in [9.17, 15) is 4.79 Å². The highest BCUT2D eigenvalue weighted by Gasteiger charge is 2.14. The van der Waals surface area contributed by atoms with Gasteiger partial charge in [0.25, 0.3) is 0 Å². The van der Waals surface area contributed by atoms with Gasteiger partial charge >= 0.3 is 5.97 Å². The van der Waals surface area contributed by atoms with E-state index in [1.54, 1.807) is 0 Å². The molecular weight excluding hydrogens is 306 g/mol. The average molecular weight is 325 g/mol. The third-order valence-electron chi connectivity index (χ3n) is 3.78. The van der Waals surface area contributed by atoms with Gasteiger partial charge in [0, 0.05) is 11.5 Å². The lowest BCUT2D eigenvalue weighted by atomic mass is 10.1. The van der Waals surface area contributed by atoms with Crippen molar-refractivity contribution >= 4 is 5.97 Å². The van der Waals surface area contributed by atoms with Crippen LogP contribution < -0.4 is 4.74 Å². The Hall–Kier alpha value is -2.82. The lowest BCUT2D eigenvalue weighted by molar-refractivity contribution is 0.0594. The summed E-state index contributed by atoms with van der Waals surface area (Å²) in [6, 6.07) is 7.48. The van der Waals surface area contributed by atoms with Gasteiger partial charge in [-0.25, -0.2) is 9.78 Å². The predicted molar refractivity (Wildman–Crippen MR) is 89.8 cm³/mol. The first-order valence-electron chi connectivity index (χ1n) is 7.86. The lowest BCUT2D eigenvalue weighted by Crippen LogP contribution is -2.09. The predicted octanol–water partition coefficient (Wildman–Crippen LogP) is 4.03. The molecule has 1 heterocycles. The number of oxazole rings is 1. The number of allylic oxidation sites excluding steroid dienone is 3. The third-order valence-corrected chi connectivity index (χ3v) is 3.78. The zero-order valence-corrected chi connectivity index (χ0v) is 13.5. The van der Waals surface area contributed by atoms with Crippen LogP contribution in [0.3, 0.4) is 0 Å². The Bertz CT molecular complexity index is 760. The summed E-state index contributed by atoms with van der Waals surface area (Å²) in [6.45, 7) is 0.626. The van der Waals surface area contributed by atoms with E-state index in [4.69, 9.17) is 9.15 Å². The molecular formula is C19H19NO4. The van der Waals surface area contributed by atoms with Crippen LogP contribution in [0, 0.1) is 5.92 Å². The van der Waals surface area contributed by atoms with E-state index in [0.717, 1.165) is 24.2 Å². The molecule has 0 bridgehead atoms. The Morgan fingerprint density at radius 3 is 3.17 bits per heavy atom. The Morgan fingerprint density at radius 1 is 1.38 bits per heavy atom. The van der Waals surface area contributed by atoms with Gasteiger partial charge in [-0.15, -0.1) is 0 Å². The van der Waals surface area contributed by atoms with Gasteiger partial charge in [-0.2, -0.15) is 0 Å². The van der Waals surface area contributed by atoms with Crippen LogP contribution in [0.25, 0.3) is 11.5 Å². The molecule has 0 saturated carbocycles. The summed E-state index contributed by atoms with van der Waals surface area (Å²) < 4.78 is 15.9.